The Morgan fingerprint density at radius 2 is 1.59 bits per heavy atom. The van der Waals surface area contributed by atoms with Crippen molar-refractivity contribution in [2.45, 2.75) is 143 Å². The van der Waals surface area contributed by atoms with Crippen LogP contribution in [-0.4, -0.2) is 133 Å². The fraction of sp³-hybridized carbons (Fsp3) is 0.711. The Morgan fingerprint density at radius 3 is 2.17 bits per heavy atom. The Labute approximate surface area is 352 Å². The van der Waals surface area contributed by atoms with Crippen molar-refractivity contribution in [1.29, 1.82) is 0 Å². The summed E-state index contributed by atoms with van der Waals surface area (Å²) >= 11 is 0. The molecule has 0 saturated carbocycles. The lowest BCUT2D eigenvalue weighted by Crippen LogP contribution is -2.60. The van der Waals surface area contributed by atoms with E-state index in [9.17, 15) is 24.0 Å². The second kappa shape index (κ2) is 21.9. The molecule has 3 rings (SSSR count). The van der Waals surface area contributed by atoms with E-state index in [1.807, 2.05) is 77.8 Å². The van der Waals surface area contributed by atoms with Crippen LogP contribution in [0.3, 0.4) is 0 Å². The van der Waals surface area contributed by atoms with Crippen molar-refractivity contribution in [3.05, 3.63) is 36.0 Å². The zero-order valence-electron chi connectivity index (χ0n) is 38.2. The summed E-state index contributed by atoms with van der Waals surface area (Å²) in [6, 6.07) is 5.45. The number of nitrogens with one attached hydrogen (secondary N) is 3. The number of fused-ring (bicyclic) bond motifs is 1. The summed E-state index contributed by atoms with van der Waals surface area (Å²) in [6.07, 6.45) is 3.01. The highest BCUT2D eigenvalue weighted by Crippen LogP contribution is 2.30. The van der Waals surface area contributed by atoms with Crippen molar-refractivity contribution in [3.8, 4) is 0 Å². The Bertz CT molecular complexity index is 1700. The third-order valence-electron chi connectivity index (χ3n) is 11.9. The molecule has 332 valence electrons. The predicted octanol–water partition coefficient (Wildman–Crippen LogP) is 5.78. The van der Waals surface area contributed by atoms with Gasteiger partial charge < -0.3 is 39.6 Å². The van der Waals surface area contributed by atoms with Gasteiger partial charge in [0.1, 0.15) is 17.7 Å². The van der Waals surface area contributed by atoms with E-state index in [-0.39, 0.29) is 47.9 Å². The Hall–Kier alpha value is -4.17. The number of H-pyrrole nitrogens is 1. The number of likely N-dealkylation sites (tertiary alicyclic amines) is 1. The number of hydrogen-bond donors (Lipinski definition) is 3. The van der Waals surface area contributed by atoms with Gasteiger partial charge in [-0.2, -0.15) is 0 Å². The van der Waals surface area contributed by atoms with Gasteiger partial charge in [0.2, 0.25) is 23.6 Å². The summed E-state index contributed by atoms with van der Waals surface area (Å²) in [5.41, 5.74) is 1.44. The fourth-order valence-electron chi connectivity index (χ4n) is 8.47. The van der Waals surface area contributed by atoms with Crippen molar-refractivity contribution in [2.75, 3.05) is 41.4 Å². The second-order valence-corrected chi connectivity index (χ2v) is 18.0. The van der Waals surface area contributed by atoms with Crippen LogP contribution in [0.2, 0.25) is 0 Å². The average molecular weight is 827 g/mol. The van der Waals surface area contributed by atoms with Gasteiger partial charge in [0, 0.05) is 58.5 Å². The van der Waals surface area contributed by atoms with Crippen LogP contribution in [0.15, 0.2) is 30.5 Å². The normalized spacial score (nSPS) is 18.2. The molecule has 1 aromatic heterocycles. The summed E-state index contributed by atoms with van der Waals surface area (Å²) < 4.78 is 17.6. The molecule has 0 aliphatic carbocycles. The highest BCUT2D eigenvalue weighted by atomic mass is 16.6. The molecular formula is C45H74N6O8. The maximum absolute atomic E-state index is 14.4. The molecule has 0 spiro atoms. The molecule has 1 aromatic carbocycles. The van der Waals surface area contributed by atoms with Crippen molar-refractivity contribution in [1.82, 2.24) is 30.3 Å². The van der Waals surface area contributed by atoms with Gasteiger partial charge >= 0.3 is 6.09 Å². The molecule has 0 unspecified atom stereocenters. The van der Waals surface area contributed by atoms with Gasteiger partial charge in [0.15, 0.2) is 0 Å². The first-order chi connectivity index (χ1) is 27.7. The number of carbonyl (C=O) groups excluding carboxylic acids is 5. The molecule has 5 amide bonds. The molecule has 1 aliphatic rings. The second-order valence-electron chi connectivity index (χ2n) is 18.0. The van der Waals surface area contributed by atoms with E-state index in [0.717, 1.165) is 22.9 Å². The number of rotatable bonds is 20. The molecule has 1 fully saturated rings. The summed E-state index contributed by atoms with van der Waals surface area (Å²) in [6.45, 7) is 19.6. The number of hydrogen-bond acceptors (Lipinski definition) is 8. The van der Waals surface area contributed by atoms with Gasteiger partial charge in [-0.15, -0.1) is 0 Å². The molecule has 14 heteroatoms. The van der Waals surface area contributed by atoms with E-state index >= 15 is 0 Å². The monoisotopic (exact) mass is 827 g/mol. The molecular weight excluding hydrogens is 753 g/mol. The van der Waals surface area contributed by atoms with Gasteiger partial charge in [-0.05, 0) is 69.4 Å². The van der Waals surface area contributed by atoms with Crippen LogP contribution in [0.1, 0.15) is 100 Å². The van der Waals surface area contributed by atoms with E-state index in [4.69, 9.17) is 14.2 Å². The topological polar surface area (TPSA) is 163 Å². The molecule has 14 nitrogen and oxygen atoms in total. The molecule has 1 saturated heterocycles. The molecule has 2 aromatic rings. The molecule has 2 heterocycles. The number of methoxy groups -OCH3 is 2. The Balaban J connectivity index is 1.74. The average Bonchev–Trinajstić information content (AvgIpc) is 3.83. The standard InChI is InChI=1S/C45H74N6O8/c1-15-29(6)39(49(11)43(55)37(27(2)3)48-42(54)38(28(4)5)50(12)44(56)59-45(8,9)10)35(57-13)25-36(52)51-24-18-21-34(51)40(58-14)30(7)41(53)46-23-22-31-26-47-33-20-17-16-19-32(31)33/h16-17,19-20,26-30,34-35,37-40,47H,15,18,21-25H2,1-14H3,(H,46,53)(H,48,54)/t29-,30+,34-,35+,37-,38-,39-,40+/m0/s1. The summed E-state index contributed by atoms with van der Waals surface area (Å²) in [7, 11) is 6.36. The number of nitrogens with zero attached hydrogens (tertiary/aromatic N) is 3. The molecule has 3 N–H and O–H groups in total. The lowest BCUT2D eigenvalue weighted by atomic mass is 9.89. The first-order valence-electron chi connectivity index (χ1n) is 21.4. The van der Waals surface area contributed by atoms with Crippen molar-refractivity contribution in [3.63, 3.8) is 0 Å². The summed E-state index contributed by atoms with van der Waals surface area (Å²) in [4.78, 5) is 77.1. The Morgan fingerprint density at radius 1 is 0.932 bits per heavy atom. The number of aromatic amines is 1. The fourth-order valence-corrected chi connectivity index (χ4v) is 8.47. The van der Waals surface area contributed by atoms with Crippen LogP contribution in [-0.2, 0) is 39.8 Å². The Kier molecular flexibility index (Phi) is 18.3. The zero-order valence-corrected chi connectivity index (χ0v) is 38.2. The van der Waals surface area contributed by atoms with E-state index in [0.29, 0.717) is 32.4 Å². The van der Waals surface area contributed by atoms with Crippen molar-refractivity contribution in [2.24, 2.45) is 23.7 Å². The first kappa shape index (κ1) is 49.2. The number of carbonyl (C=O) groups is 5. The smallest absolute Gasteiger partial charge is 0.410 e. The van der Waals surface area contributed by atoms with E-state index in [1.54, 1.807) is 46.9 Å². The van der Waals surface area contributed by atoms with Crippen LogP contribution in [0.25, 0.3) is 10.9 Å². The molecule has 8 atom stereocenters. The van der Waals surface area contributed by atoms with E-state index in [1.165, 1.54) is 11.9 Å². The van der Waals surface area contributed by atoms with Gasteiger partial charge in [-0.25, -0.2) is 4.79 Å². The maximum atomic E-state index is 14.4. The largest absolute Gasteiger partial charge is 0.444 e. The van der Waals surface area contributed by atoms with Crippen LogP contribution in [0, 0.1) is 23.7 Å². The van der Waals surface area contributed by atoms with Crippen molar-refractivity contribution < 1.29 is 38.2 Å². The van der Waals surface area contributed by atoms with Crippen LogP contribution < -0.4 is 10.6 Å². The molecule has 0 bridgehead atoms. The molecule has 0 radical (unpaired) electrons. The van der Waals surface area contributed by atoms with E-state index in [2.05, 4.69) is 21.7 Å². The number of para-hydroxylation sites is 1. The minimum atomic E-state index is -0.916. The minimum Gasteiger partial charge on any atom is -0.444 e. The summed E-state index contributed by atoms with van der Waals surface area (Å²) in [5.74, 6) is -2.20. The van der Waals surface area contributed by atoms with Gasteiger partial charge in [-0.1, -0.05) is 73.1 Å². The number of aromatic nitrogens is 1. The molecule has 1 aliphatic heterocycles. The van der Waals surface area contributed by atoms with Crippen LogP contribution in [0.4, 0.5) is 4.79 Å². The van der Waals surface area contributed by atoms with Gasteiger partial charge in [0.05, 0.1) is 36.6 Å². The summed E-state index contributed by atoms with van der Waals surface area (Å²) in [5, 5.41) is 7.18. The first-order valence-corrected chi connectivity index (χ1v) is 21.4. The maximum Gasteiger partial charge on any atom is 0.410 e. The SMILES string of the molecule is CC[C@H](C)[C@@H]([C@@H](CC(=O)N1CCC[C@H]1[C@H](OC)[C@@H](C)C(=O)NCCc1c[nH]c2ccccc12)OC)N(C)C(=O)[C@@H](NC(=O)[C@H](C(C)C)N(C)C(=O)OC(C)(C)C)C(C)C. The lowest BCUT2D eigenvalue weighted by molar-refractivity contribution is -0.148. The number of likely N-dealkylation sites (N-methyl/N-ethyl adjacent to an activating group) is 2. The highest BCUT2D eigenvalue weighted by Gasteiger charge is 2.43. The zero-order chi connectivity index (χ0) is 44.4. The quantitative estimate of drug-likeness (QED) is 0.151. The van der Waals surface area contributed by atoms with Gasteiger partial charge in [-0.3, -0.25) is 24.1 Å². The molecule has 59 heavy (non-hydrogen) atoms. The highest BCUT2D eigenvalue weighted by molar-refractivity contribution is 5.92. The third kappa shape index (κ3) is 12.7. The van der Waals surface area contributed by atoms with Crippen molar-refractivity contribution >= 4 is 40.6 Å². The predicted molar refractivity (Wildman–Crippen MR) is 231 cm³/mol. The number of benzene rings is 1. The van der Waals surface area contributed by atoms with Crippen LogP contribution in [0.5, 0.6) is 0 Å². The lowest BCUT2D eigenvalue weighted by Gasteiger charge is -2.41. The minimum absolute atomic E-state index is 0.00999. The number of ether oxygens (including phenoxy) is 3. The number of amides is 5. The van der Waals surface area contributed by atoms with Crippen LogP contribution >= 0.6 is 0 Å². The van der Waals surface area contributed by atoms with E-state index < -0.39 is 53.9 Å². The van der Waals surface area contributed by atoms with Gasteiger partial charge in [0.25, 0.3) is 0 Å². The third-order valence-corrected chi connectivity index (χ3v) is 11.9.